The molecule has 3 rings (SSSR count). The van der Waals surface area contributed by atoms with Crippen LogP contribution in [0.3, 0.4) is 0 Å². The van der Waals surface area contributed by atoms with Crippen LogP contribution >= 0.6 is 22.9 Å². The Morgan fingerprint density at radius 1 is 1.17 bits per heavy atom. The molecule has 1 heterocycles. The largest absolute Gasteiger partial charge is 0.497 e. The molecular weight excluding hydrogens is 330 g/mol. The van der Waals surface area contributed by atoms with E-state index in [0.717, 1.165) is 32.6 Å². The third kappa shape index (κ3) is 2.92. The van der Waals surface area contributed by atoms with Crippen molar-refractivity contribution in [2.75, 3.05) is 12.4 Å². The van der Waals surface area contributed by atoms with Gasteiger partial charge in [0.1, 0.15) is 10.6 Å². The summed E-state index contributed by atoms with van der Waals surface area (Å²) in [5.74, 6) is 0.560. The maximum Gasteiger partial charge on any atom is 0.267 e. The van der Waals surface area contributed by atoms with Crippen molar-refractivity contribution in [2.45, 2.75) is 13.8 Å². The van der Waals surface area contributed by atoms with E-state index in [2.05, 4.69) is 5.32 Å². The molecule has 2 aromatic carbocycles. The number of rotatable bonds is 3. The molecule has 5 heteroatoms. The number of hydrogen-bond donors (Lipinski definition) is 1. The van der Waals surface area contributed by atoms with Crippen LogP contribution in [0.15, 0.2) is 36.4 Å². The highest BCUT2D eigenvalue weighted by Crippen LogP contribution is 2.37. The van der Waals surface area contributed by atoms with E-state index in [1.165, 1.54) is 11.3 Å². The van der Waals surface area contributed by atoms with Gasteiger partial charge in [-0.25, -0.2) is 0 Å². The van der Waals surface area contributed by atoms with Crippen LogP contribution in [0, 0.1) is 13.8 Å². The smallest absolute Gasteiger partial charge is 0.267 e. The van der Waals surface area contributed by atoms with E-state index < -0.39 is 0 Å². The van der Waals surface area contributed by atoms with E-state index in [9.17, 15) is 4.79 Å². The van der Waals surface area contributed by atoms with Gasteiger partial charge in [-0.05, 0) is 43.2 Å². The Morgan fingerprint density at radius 3 is 2.52 bits per heavy atom. The average molecular weight is 346 g/mol. The molecule has 3 aromatic rings. The Hall–Kier alpha value is -2.04. The lowest BCUT2D eigenvalue weighted by Gasteiger charge is -2.10. The van der Waals surface area contributed by atoms with Gasteiger partial charge in [0.2, 0.25) is 0 Å². The normalized spacial score (nSPS) is 10.8. The molecule has 0 spiro atoms. The number of halogens is 1. The number of amides is 1. The monoisotopic (exact) mass is 345 g/mol. The molecule has 0 aliphatic carbocycles. The van der Waals surface area contributed by atoms with Crippen LogP contribution in [-0.2, 0) is 0 Å². The van der Waals surface area contributed by atoms with Gasteiger partial charge in [0.25, 0.3) is 5.91 Å². The second kappa shape index (κ2) is 6.22. The Bertz CT molecular complexity index is 881. The zero-order valence-electron chi connectivity index (χ0n) is 13.1. The van der Waals surface area contributed by atoms with Gasteiger partial charge in [-0.15, -0.1) is 11.3 Å². The van der Waals surface area contributed by atoms with E-state index in [4.69, 9.17) is 16.3 Å². The molecule has 0 saturated heterocycles. The van der Waals surface area contributed by atoms with Crippen molar-refractivity contribution >= 4 is 44.6 Å². The van der Waals surface area contributed by atoms with E-state index in [0.29, 0.717) is 9.90 Å². The van der Waals surface area contributed by atoms with Crippen molar-refractivity contribution in [3.8, 4) is 5.75 Å². The molecule has 0 aliphatic heterocycles. The van der Waals surface area contributed by atoms with Crippen LogP contribution in [0.25, 0.3) is 10.1 Å². The van der Waals surface area contributed by atoms with Crippen LogP contribution in [0.1, 0.15) is 20.8 Å². The minimum Gasteiger partial charge on any atom is -0.497 e. The lowest BCUT2D eigenvalue weighted by atomic mass is 10.1. The van der Waals surface area contributed by atoms with Crippen LogP contribution < -0.4 is 10.1 Å². The Kier molecular flexibility index (Phi) is 4.28. The number of thiophene rings is 1. The highest BCUT2D eigenvalue weighted by atomic mass is 35.5. The van der Waals surface area contributed by atoms with Gasteiger partial charge in [0.15, 0.2) is 0 Å². The van der Waals surface area contributed by atoms with Crippen molar-refractivity contribution in [3.63, 3.8) is 0 Å². The summed E-state index contributed by atoms with van der Waals surface area (Å²) in [4.78, 5) is 13.2. The molecule has 0 saturated carbocycles. The van der Waals surface area contributed by atoms with Gasteiger partial charge in [-0.2, -0.15) is 0 Å². The lowest BCUT2D eigenvalue weighted by molar-refractivity contribution is 0.103. The molecular formula is C18H16ClNO2S. The number of para-hydroxylation sites is 1. The first kappa shape index (κ1) is 15.8. The highest BCUT2D eigenvalue weighted by Gasteiger charge is 2.18. The molecule has 0 atom stereocenters. The quantitative estimate of drug-likeness (QED) is 0.687. The molecule has 1 amide bonds. The molecule has 23 heavy (non-hydrogen) atoms. The summed E-state index contributed by atoms with van der Waals surface area (Å²) in [6, 6.07) is 11.5. The SMILES string of the molecule is COc1ccc2c(Cl)c(C(=O)Nc3c(C)cccc3C)sc2c1. The van der Waals surface area contributed by atoms with Crippen LogP contribution in [-0.4, -0.2) is 13.0 Å². The van der Waals surface area contributed by atoms with Gasteiger partial charge >= 0.3 is 0 Å². The Morgan fingerprint density at radius 2 is 1.87 bits per heavy atom. The van der Waals surface area contributed by atoms with Gasteiger partial charge in [0.05, 0.1) is 12.1 Å². The number of aryl methyl sites for hydroxylation is 2. The highest BCUT2D eigenvalue weighted by molar-refractivity contribution is 7.21. The fraction of sp³-hybridized carbons (Fsp3) is 0.167. The molecule has 1 N–H and O–H groups in total. The number of nitrogens with one attached hydrogen (secondary N) is 1. The van der Waals surface area contributed by atoms with Gasteiger partial charge in [-0.3, -0.25) is 4.79 Å². The van der Waals surface area contributed by atoms with Crippen molar-refractivity contribution in [3.05, 3.63) is 57.4 Å². The van der Waals surface area contributed by atoms with Crippen LogP contribution in [0.4, 0.5) is 5.69 Å². The number of fused-ring (bicyclic) bond motifs is 1. The topological polar surface area (TPSA) is 38.3 Å². The third-order valence-corrected chi connectivity index (χ3v) is 5.42. The molecule has 0 radical (unpaired) electrons. The minimum absolute atomic E-state index is 0.187. The summed E-state index contributed by atoms with van der Waals surface area (Å²) in [7, 11) is 1.62. The number of benzene rings is 2. The van der Waals surface area contributed by atoms with E-state index >= 15 is 0 Å². The number of hydrogen-bond acceptors (Lipinski definition) is 3. The van der Waals surface area contributed by atoms with Crippen LogP contribution in [0.2, 0.25) is 5.02 Å². The standard InChI is InChI=1S/C18H16ClNO2S/c1-10-5-4-6-11(2)16(10)20-18(21)17-15(19)13-8-7-12(22-3)9-14(13)23-17/h4-9H,1-3H3,(H,20,21). The first-order chi connectivity index (χ1) is 11.0. The predicted octanol–water partition coefficient (Wildman–Crippen LogP) is 5.43. The summed E-state index contributed by atoms with van der Waals surface area (Å²) < 4.78 is 6.15. The molecule has 3 nitrogen and oxygen atoms in total. The maximum absolute atomic E-state index is 12.6. The van der Waals surface area contributed by atoms with Crippen molar-refractivity contribution in [1.29, 1.82) is 0 Å². The Balaban J connectivity index is 1.99. The number of methoxy groups -OCH3 is 1. The summed E-state index contributed by atoms with van der Waals surface area (Å²) in [6.07, 6.45) is 0. The second-order valence-electron chi connectivity index (χ2n) is 5.33. The van der Waals surface area contributed by atoms with Crippen LogP contribution in [0.5, 0.6) is 5.75 Å². The molecule has 1 aromatic heterocycles. The predicted molar refractivity (Wildman–Crippen MR) is 97.3 cm³/mol. The summed E-state index contributed by atoms with van der Waals surface area (Å²) in [6.45, 7) is 3.94. The van der Waals surface area contributed by atoms with Gasteiger partial charge in [-0.1, -0.05) is 29.8 Å². The maximum atomic E-state index is 12.6. The zero-order valence-corrected chi connectivity index (χ0v) is 14.6. The average Bonchev–Trinajstić information content (AvgIpc) is 2.87. The van der Waals surface area contributed by atoms with Crippen molar-refractivity contribution in [2.24, 2.45) is 0 Å². The van der Waals surface area contributed by atoms with Gasteiger partial charge in [0, 0.05) is 15.8 Å². The molecule has 0 fully saturated rings. The van der Waals surface area contributed by atoms with E-state index in [1.54, 1.807) is 7.11 Å². The summed E-state index contributed by atoms with van der Waals surface area (Å²) in [5.41, 5.74) is 2.89. The third-order valence-electron chi connectivity index (χ3n) is 3.76. The molecule has 0 unspecified atom stereocenters. The fourth-order valence-electron chi connectivity index (χ4n) is 2.50. The lowest BCUT2D eigenvalue weighted by Crippen LogP contribution is -2.12. The first-order valence-corrected chi connectivity index (χ1v) is 8.34. The first-order valence-electron chi connectivity index (χ1n) is 7.15. The van der Waals surface area contributed by atoms with Crippen molar-refractivity contribution < 1.29 is 9.53 Å². The second-order valence-corrected chi connectivity index (χ2v) is 6.76. The van der Waals surface area contributed by atoms with Crippen molar-refractivity contribution in [1.82, 2.24) is 0 Å². The van der Waals surface area contributed by atoms with E-state index in [1.807, 2.05) is 50.2 Å². The number of carbonyl (C=O) groups excluding carboxylic acids is 1. The number of ether oxygens (including phenoxy) is 1. The summed E-state index contributed by atoms with van der Waals surface area (Å²) in [5, 5.41) is 4.33. The number of anilines is 1. The molecule has 118 valence electrons. The Labute approximate surface area is 143 Å². The minimum atomic E-state index is -0.187. The van der Waals surface area contributed by atoms with Gasteiger partial charge < -0.3 is 10.1 Å². The van der Waals surface area contributed by atoms with E-state index in [-0.39, 0.29) is 5.91 Å². The molecule has 0 bridgehead atoms. The molecule has 0 aliphatic rings. The summed E-state index contributed by atoms with van der Waals surface area (Å²) >= 11 is 7.77. The number of carbonyl (C=O) groups is 1. The zero-order chi connectivity index (χ0) is 16.6. The fourth-order valence-corrected chi connectivity index (χ4v) is 3.94.